The molecule has 3 rings (SSSR count). The van der Waals surface area contributed by atoms with E-state index < -0.39 is 0 Å². The third-order valence-corrected chi connectivity index (χ3v) is 3.82. The Balaban J connectivity index is 0.000000297. The Hall–Kier alpha value is -2.08. The van der Waals surface area contributed by atoms with Gasteiger partial charge in [0.25, 0.3) is 0 Å². The van der Waals surface area contributed by atoms with Crippen molar-refractivity contribution in [2.75, 3.05) is 0 Å². The van der Waals surface area contributed by atoms with Crippen molar-refractivity contribution >= 4 is 0 Å². The molecule has 0 nitrogen and oxygen atoms in total. The molecule has 0 fully saturated rings. The summed E-state index contributed by atoms with van der Waals surface area (Å²) in [6, 6.07) is 17.4. The van der Waals surface area contributed by atoms with E-state index in [9.17, 15) is 0 Å². The van der Waals surface area contributed by atoms with Crippen LogP contribution in [0, 0.1) is 0 Å². The summed E-state index contributed by atoms with van der Waals surface area (Å²) in [5, 5.41) is 0. The lowest BCUT2D eigenvalue weighted by atomic mass is 9.82. The molecule has 0 heteroatoms. The molecule has 0 spiro atoms. The topological polar surface area (TPSA) is 0 Å². The van der Waals surface area contributed by atoms with Gasteiger partial charge in [0.1, 0.15) is 0 Å². The highest BCUT2D eigenvalue weighted by Crippen LogP contribution is 2.47. The Morgan fingerprint density at radius 1 is 0.727 bits per heavy atom. The molecule has 0 heterocycles. The third kappa shape index (κ3) is 3.76. The van der Waals surface area contributed by atoms with Gasteiger partial charge in [-0.05, 0) is 43.0 Å². The maximum atomic E-state index is 3.36. The predicted molar refractivity (Wildman–Crippen MR) is 100 cm³/mol. The van der Waals surface area contributed by atoms with Crippen LogP contribution in [-0.4, -0.2) is 0 Å². The summed E-state index contributed by atoms with van der Waals surface area (Å²) in [5.74, 6) is 0. The number of rotatable bonds is 0. The van der Waals surface area contributed by atoms with Crippen molar-refractivity contribution in [1.29, 1.82) is 0 Å². The van der Waals surface area contributed by atoms with E-state index in [0.717, 1.165) is 0 Å². The summed E-state index contributed by atoms with van der Waals surface area (Å²) < 4.78 is 0. The Bertz CT molecular complexity index is 578. The van der Waals surface area contributed by atoms with Crippen molar-refractivity contribution in [3.05, 3.63) is 84.5 Å². The van der Waals surface area contributed by atoms with E-state index in [1.54, 1.807) is 6.08 Å². The van der Waals surface area contributed by atoms with E-state index in [2.05, 4.69) is 69.0 Å². The molecule has 0 aromatic heterocycles. The van der Waals surface area contributed by atoms with Crippen LogP contribution in [0.25, 0.3) is 11.1 Å². The molecule has 0 atom stereocenters. The smallest absolute Gasteiger partial charge is 0.0158 e. The average Bonchev–Trinajstić information content (AvgIpc) is 2.78. The molecule has 1 aliphatic rings. The third-order valence-electron chi connectivity index (χ3n) is 3.82. The van der Waals surface area contributed by atoms with E-state index in [4.69, 9.17) is 0 Å². The van der Waals surface area contributed by atoms with Crippen LogP contribution in [0.2, 0.25) is 0 Å². The minimum atomic E-state index is 0.160. The lowest BCUT2D eigenvalue weighted by Crippen LogP contribution is -2.14. The van der Waals surface area contributed by atoms with Crippen molar-refractivity contribution in [2.24, 2.45) is 0 Å². The molecule has 0 saturated carbocycles. The van der Waals surface area contributed by atoms with Crippen LogP contribution in [0.1, 0.15) is 45.7 Å². The Morgan fingerprint density at radius 3 is 1.36 bits per heavy atom. The van der Waals surface area contributed by atoms with Gasteiger partial charge in [0.05, 0.1) is 0 Å². The van der Waals surface area contributed by atoms with Gasteiger partial charge in [-0.2, -0.15) is 0 Å². The molecule has 0 saturated heterocycles. The maximum absolute atomic E-state index is 3.36. The molecular formula is C22H28. The largest absolute Gasteiger partial charge is 0.103 e. The zero-order valence-electron chi connectivity index (χ0n) is 14.6. The second-order valence-corrected chi connectivity index (χ2v) is 5.79. The monoisotopic (exact) mass is 292 g/mol. The number of allylic oxidation sites excluding steroid dienone is 3. The van der Waals surface area contributed by atoms with Crippen LogP contribution < -0.4 is 0 Å². The van der Waals surface area contributed by atoms with Crippen LogP contribution in [0.15, 0.2) is 73.3 Å². The first-order chi connectivity index (χ1) is 10.5. The summed E-state index contributed by atoms with van der Waals surface area (Å²) in [6.45, 7) is 13.9. The highest BCUT2D eigenvalue weighted by atomic mass is 14.4. The number of fused-ring (bicyclic) bond motifs is 3. The van der Waals surface area contributed by atoms with Crippen molar-refractivity contribution < 1.29 is 0 Å². The van der Waals surface area contributed by atoms with Crippen LogP contribution in [-0.2, 0) is 5.41 Å². The molecule has 0 bridgehead atoms. The number of benzene rings is 2. The summed E-state index contributed by atoms with van der Waals surface area (Å²) in [5.41, 5.74) is 5.86. The van der Waals surface area contributed by atoms with Gasteiger partial charge in [-0.15, -0.1) is 6.58 Å². The van der Waals surface area contributed by atoms with Crippen molar-refractivity contribution in [3.63, 3.8) is 0 Å². The van der Waals surface area contributed by atoms with E-state index in [-0.39, 0.29) is 5.41 Å². The standard InChI is InChI=1S/C15H14.C4H8.C3H6/c1-15(2)13-9-5-3-7-11(13)12-8-4-6-10-14(12)15;1-3-4-2;1-3-2/h3-10H,1-2H3;3-4H,1-2H3;3H,1H2,2H3/b;4-3-;. The lowest BCUT2D eigenvalue weighted by molar-refractivity contribution is 0.660. The molecule has 0 radical (unpaired) electrons. The fourth-order valence-corrected chi connectivity index (χ4v) is 2.67. The minimum Gasteiger partial charge on any atom is -0.103 e. The van der Waals surface area contributed by atoms with Gasteiger partial charge in [-0.1, -0.05) is 80.6 Å². The zero-order chi connectivity index (χ0) is 16.6. The Labute approximate surface area is 136 Å². The van der Waals surface area contributed by atoms with Gasteiger partial charge in [-0.3, -0.25) is 0 Å². The second-order valence-electron chi connectivity index (χ2n) is 5.79. The van der Waals surface area contributed by atoms with Gasteiger partial charge in [0.2, 0.25) is 0 Å². The molecule has 0 unspecified atom stereocenters. The fourth-order valence-electron chi connectivity index (χ4n) is 2.67. The number of hydrogen-bond acceptors (Lipinski definition) is 0. The summed E-state index contributed by atoms with van der Waals surface area (Å²) in [7, 11) is 0. The average molecular weight is 292 g/mol. The van der Waals surface area contributed by atoms with Gasteiger partial charge in [0, 0.05) is 5.41 Å². The van der Waals surface area contributed by atoms with E-state index in [0.29, 0.717) is 0 Å². The second kappa shape index (κ2) is 8.38. The fraction of sp³-hybridized carbons (Fsp3) is 0.273. The number of hydrogen-bond donors (Lipinski definition) is 0. The van der Waals surface area contributed by atoms with Gasteiger partial charge < -0.3 is 0 Å². The molecule has 0 N–H and O–H groups in total. The zero-order valence-corrected chi connectivity index (χ0v) is 14.6. The molecule has 22 heavy (non-hydrogen) atoms. The first kappa shape index (κ1) is 18.0. The quantitative estimate of drug-likeness (QED) is 0.470. The van der Waals surface area contributed by atoms with Crippen molar-refractivity contribution in [3.8, 4) is 11.1 Å². The molecule has 0 amide bonds. The van der Waals surface area contributed by atoms with Crippen LogP contribution in [0.5, 0.6) is 0 Å². The minimum absolute atomic E-state index is 0.160. The maximum Gasteiger partial charge on any atom is 0.0158 e. The van der Waals surface area contributed by atoms with Gasteiger partial charge in [-0.25, -0.2) is 0 Å². The highest BCUT2D eigenvalue weighted by molar-refractivity contribution is 5.80. The highest BCUT2D eigenvalue weighted by Gasteiger charge is 2.34. The molecule has 0 aliphatic heterocycles. The van der Waals surface area contributed by atoms with E-state index in [1.165, 1.54) is 22.3 Å². The van der Waals surface area contributed by atoms with Gasteiger partial charge in [0.15, 0.2) is 0 Å². The normalized spacial score (nSPS) is 13.1. The molecule has 1 aliphatic carbocycles. The van der Waals surface area contributed by atoms with Crippen LogP contribution in [0.3, 0.4) is 0 Å². The molecule has 116 valence electrons. The van der Waals surface area contributed by atoms with E-state index in [1.807, 2.05) is 32.9 Å². The summed E-state index contributed by atoms with van der Waals surface area (Å²) >= 11 is 0. The summed E-state index contributed by atoms with van der Waals surface area (Å²) in [4.78, 5) is 0. The molecular weight excluding hydrogens is 264 g/mol. The van der Waals surface area contributed by atoms with Crippen molar-refractivity contribution in [2.45, 2.75) is 40.0 Å². The first-order valence-corrected chi connectivity index (χ1v) is 7.88. The Kier molecular flexibility index (Phi) is 6.85. The molecule has 2 aromatic rings. The van der Waals surface area contributed by atoms with E-state index >= 15 is 0 Å². The first-order valence-electron chi connectivity index (χ1n) is 7.88. The predicted octanol–water partition coefficient (Wildman–Crippen LogP) is 6.77. The lowest BCUT2D eigenvalue weighted by Gasteiger charge is -2.20. The van der Waals surface area contributed by atoms with Crippen LogP contribution >= 0.6 is 0 Å². The van der Waals surface area contributed by atoms with Gasteiger partial charge >= 0.3 is 0 Å². The summed E-state index contributed by atoms with van der Waals surface area (Å²) in [6.07, 6.45) is 5.75. The SMILES string of the molecule is C/C=C\C.C=CC.CC1(C)c2ccccc2-c2ccccc21. The van der Waals surface area contributed by atoms with Crippen molar-refractivity contribution in [1.82, 2.24) is 0 Å². The van der Waals surface area contributed by atoms with Crippen LogP contribution in [0.4, 0.5) is 0 Å². The molecule has 2 aromatic carbocycles. The Morgan fingerprint density at radius 2 is 1.05 bits per heavy atom.